The molecule has 0 aliphatic carbocycles. The minimum Gasteiger partial charge on any atom is -0.234 e. The van der Waals surface area contributed by atoms with Crippen LogP contribution in [0.5, 0.6) is 0 Å². The molecule has 1 rings (SSSR count). The molecule has 0 radical (unpaired) electrons. The molecule has 2 nitrogen and oxygen atoms in total. The largest absolute Gasteiger partial charge is 0.253 e. The Balaban J connectivity index is 2.12. The average molecular weight is 322 g/mol. The Morgan fingerprint density at radius 3 is 1.87 bits per heavy atom. The monoisotopic (exact) mass is 321 g/mol. The first-order chi connectivity index (χ1) is 11.3. The van der Waals surface area contributed by atoms with Crippen LogP contribution in [-0.4, -0.2) is 4.57 Å². The van der Waals surface area contributed by atoms with Gasteiger partial charge >= 0.3 is 0 Å². The molecule has 2 heteroatoms. The summed E-state index contributed by atoms with van der Waals surface area (Å²) >= 11 is 0. The number of nitrogens with zero attached hydrogens (tertiary/aromatic N) is 2. The van der Waals surface area contributed by atoms with Gasteiger partial charge in [0.1, 0.15) is 12.4 Å². The molecule has 134 valence electrons. The zero-order chi connectivity index (χ0) is 16.8. The summed E-state index contributed by atoms with van der Waals surface area (Å²) in [5, 5.41) is 0. The lowest BCUT2D eigenvalue weighted by Gasteiger charge is -2.03. The number of aromatic nitrogens is 2. The fourth-order valence-electron chi connectivity index (χ4n) is 3.32. The second-order valence-electron chi connectivity index (χ2n) is 7.12. The van der Waals surface area contributed by atoms with Gasteiger partial charge in [0.25, 0.3) is 5.82 Å². The SMILES string of the molecule is CCCCCCCCC[n+]1ccn(CCCCCCCC)c1C. The van der Waals surface area contributed by atoms with Crippen molar-refractivity contribution in [3.8, 4) is 0 Å². The number of hydrogen-bond acceptors (Lipinski definition) is 0. The molecule has 0 saturated carbocycles. The molecule has 1 heterocycles. The van der Waals surface area contributed by atoms with Crippen LogP contribution in [0.4, 0.5) is 0 Å². The molecule has 0 N–H and O–H groups in total. The Labute approximate surface area is 145 Å². The summed E-state index contributed by atoms with van der Waals surface area (Å²) in [6, 6.07) is 0. The van der Waals surface area contributed by atoms with E-state index in [4.69, 9.17) is 0 Å². The van der Waals surface area contributed by atoms with Gasteiger partial charge in [-0.3, -0.25) is 0 Å². The first kappa shape index (κ1) is 20.3. The van der Waals surface area contributed by atoms with Crippen molar-refractivity contribution in [1.29, 1.82) is 0 Å². The molecule has 23 heavy (non-hydrogen) atoms. The van der Waals surface area contributed by atoms with Crippen LogP contribution in [-0.2, 0) is 13.1 Å². The van der Waals surface area contributed by atoms with Gasteiger partial charge in [0.2, 0.25) is 0 Å². The minimum atomic E-state index is 1.20. The second-order valence-corrected chi connectivity index (χ2v) is 7.12. The number of imidazole rings is 1. The summed E-state index contributed by atoms with van der Waals surface area (Å²) in [5.74, 6) is 1.43. The summed E-state index contributed by atoms with van der Waals surface area (Å²) in [7, 11) is 0. The molecule has 0 aliphatic rings. The normalized spacial score (nSPS) is 11.3. The van der Waals surface area contributed by atoms with Crippen LogP contribution >= 0.6 is 0 Å². The number of rotatable bonds is 15. The Morgan fingerprint density at radius 2 is 1.26 bits per heavy atom. The second kappa shape index (κ2) is 13.6. The van der Waals surface area contributed by atoms with E-state index in [2.05, 4.69) is 42.3 Å². The maximum Gasteiger partial charge on any atom is 0.253 e. The van der Waals surface area contributed by atoms with Crippen LogP contribution in [0.15, 0.2) is 12.4 Å². The molecule has 0 aromatic carbocycles. The third kappa shape index (κ3) is 9.17. The Kier molecular flexibility index (Phi) is 12.0. The van der Waals surface area contributed by atoms with Crippen molar-refractivity contribution >= 4 is 0 Å². The molecule has 0 amide bonds. The average Bonchev–Trinajstić information content (AvgIpc) is 2.90. The lowest BCUT2D eigenvalue weighted by atomic mass is 10.1. The van der Waals surface area contributed by atoms with Crippen molar-refractivity contribution in [2.45, 2.75) is 117 Å². The summed E-state index contributed by atoms with van der Waals surface area (Å²) in [6.45, 7) is 9.24. The minimum absolute atomic E-state index is 1.20. The number of hydrogen-bond donors (Lipinski definition) is 0. The molecule has 0 spiro atoms. The summed E-state index contributed by atoms with van der Waals surface area (Å²) in [5.41, 5.74) is 0. The van der Waals surface area contributed by atoms with Gasteiger partial charge in [-0.2, -0.15) is 0 Å². The van der Waals surface area contributed by atoms with Gasteiger partial charge in [-0.25, -0.2) is 9.13 Å². The molecule has 0 saturated heterocycles. The fourth-order valence-corrected chi connectivity index (χ4v) is 3.32. The third-order valence-corrected chi connectivity index (χ3v) is 5.01. The van der Waals surface area contributed by atoms with Crippen LogP contribution < -0.4 is 4.57 Å². The summed E-state index contributed by atoms with van der Waals surface area (Å²) in [4.78, 5) is 0. The van der Waals surface area contributed by atoms with Crippen molar-refractivity contribution in [3.05, 3.63) is 18.2 Å². The van der Waals surface area contributed by atoms with E-state index in [0.29, 0.717) is 0 Å². The summed E-state index contributed by atoms with van der Waals surface area (Å²) in [6.07, 6.45) is 22.6. The topological polar surface area (TPSA) is 8.81 Å². The highest BCUT2D eigenvalue weighted by Gasteiger charge is 2.11. The standard InChI is InChI=1S/C21H41N2/c1-4-6-8-10-12-14-16-18-23-20-19-22(21(23)3)17-15-13-11-9-7-5-2/h19-20H,4-18H2,1-3H3/q+1. The Bertz CT molecular complexity index is 381. The molecule has 0 unspecified atom stereocenters. The number of unbranched alkanes of at least 4 members (excludes halogenated alkanes) is 11. The van der Waals surface area contributed by atoms with Gasteiger partial charge in [-0.1, -0.05) is 71.6 Å². The van der Waals surface area contributed by atoms with Gasteiger partial charge in [-0.15, -0.1) is 0 Å². The van der Waals surface area contributed by atoms with E-state index in [0.717, 1.165) is 0 Å². The van der Waals surface area contributed by atoms with Gasteiger partial charge in [0, 0.05) is 6.92 Å². The van der Waals surface area contributed by atoms with E-state index in [1.165, 1.54) is 102 Å². The Morgan fingerprint density at radius 1 is 0.739 bits per heavy atom. The van der Waals surface area contributed by atoms with Gasteiger partial charge in [-0.05, 0) is 25.7 Å². The van der Waals surface area contributed by atoms with E-state index < -0.39 is 0 Å². The molecule has 0 bridgehead atoms. The van der Waals surface area contributed by atoms with E-state index in [-0.39, 0.29) is 0 Å². The quantitative estimate of drug-likeness (QED) is 0.269. The molecule has 1 aromatic rings. The Hall–Kier alpha value is -0.790. The van der Waals surface area contributed by atoms with E-state index in [9.17, 15) is 0 Å². The van der Waals surface area contributed by atoms with Crippen molar-refractivity contribution in [2.75, 3.05) is 0 Å². The fraction of sp³-hybridized carbons (Fsp3) is 0.857. The van der Waals surface area contributed by atoms with E-state index in [1.54, 1.807) is 0 Å². The molecule has 0 atom stereocenters. The lowest BCUT2D eigenvalue weighted by molar-refractivity contribution is -0.702. The van der Waals surface area contributed by atoms with Crippen LogP contribution in [0.3, 0.4) is 0 Å². The smallest absolute Gasteiger partial charge is 0.234 e. The highest BCUT2D eigenvalue weighted by Crippen LogP contribution is 2.08. The van der Waals surface area contributed by atoms with E-state index in [1.807, 2.05) is 0 Å². The van der Waals surface area contributed by atoms with Crippen molar-refractivity contribution in [1.82, 2.24) is 4.57 Å². The van der Waals surface area contributed by atoms with Gasteiger partial charge < -0.3 is 0 Å². The van der Waals surface area contributed by atoms with Crippen LogP contribution in [0.25, 0.3) is 0 Å². The van der Waals surface area contributed by atoms with Gasteiger partial charge in [0.05, 0.1) is 13.1 Å². The first-order valence-electron chi connectivity index (χ1n) is 10.3. The molecular formula is C21H41N2+. The van der Waals surface area contributed by atoms with Gasteiger partial charge in [0.15, 0.2) is 0 Å². The van der Waals surface area contributed by atoms with Crippen molar-refractivity contribution < 1.29 is 4.57 Å². The number of aryl methyl sites for hydroxylation is 2. The molecule has 1 aromatic heterocycles. The third-order valence-electron chi connectivity index (χ3n) is 5.01. The highest BCUT2D eigenvalue weighted by atomic mass is 15.1. The van der Waals surface area contributed by atoms with Crippen molar-refractivity contribution in [2.24, 2.45) is 0 Å². The highest BCUT2D eigenvalue weighted by molar-refractivity contribution is 4.79. The maximum absolute atomic E-state index is 2.45. The van der Waals surface area contributed by atoms with E-state index >= 15 is 0 Å². The molecule has 0 aliphatic heterocycles. The predicted molar refractivity (Wildman–Crippen MR) is 101 cm³/mol. The molecular weight excluding hydrogens is 280 g/mol. The zero-order valence-electron chi connectivity index (χ0n) is 16.2. The molecule has 0 fully saturated rings. The predicted octanol–water partition coefficient (Wildman–Crippen LogP) is 6.20. The maximum atomic E-state index is 2.45. The van der Waals surface area contributed by atoms with Crippen LogP contribution in [0.2, 0.25) is 0 Å². The van der Waals surface area contributed by atoms with Crippen molar-refractivity contribution in [3.63, 3.8) is 0 Å². The zero-order valence-corrected chi connectivity index (χ0v) is 16.2. The first-order valence-corrected chi connectivity index (χ1v) is 10.3. The van der Waals surface area contributed by atoms with Crippen LogP contribution in [0.1, 0.15) is 103 Å². The van der Waals surface area contributed by atoms with Crippen LogP contribution in [0, 0.1) is 6.92 Å². The summed E-state index contributed by atoms with van der Waals surface area (Å²) < 4.78 is 4.89. The lowest BCUT2D eigenvalue weighted by Crippen LogP contribution is -2.35.